The van der Waals surface area contributed by atoms with E-state index in [1.54, 1.807) is 11.3 Å². The summed E-state index contributed by atoms with van der Waals surface area (Å²) >= 11 is 5.02. The van der Waals surface area contributed by atoms with Crippen LogP contribution in [0.2, 0.25) is 0 Å². The number of aryl methyl sites for hydroxylation is 2. The number of hydrogen-bond donors (Lipinski definition) is 0. The van der Waals surface area contributed by atoms with E-state index in [2.05, 4.69) is 38.9 Å². The number of nitrogens with zero attached hydrogens (tertiary/aromatic N) is 2. The van der Waals surface area contributed by atoms with Gasteiger partial charge >= 0.3 is 0 Å². The molecule has 0 unspecified atom stereocenters. The second-order valence-corrected chi connectivity index (χ2v) is 7.35. The third-order valence-electron chi connectivity index (χ3n) is 3.49. The standard InChI is InChI=1S/C14H18N2OS.C6H5Br/c1-4-12-8-11(6-7-15-12)14-16-10(3)13(18-14)9-17-5-2;7-6-4-2-1-3-5-6/h6-8H,4-5,9H2,1-3H3;1-5H. The third-order valence-corrected chi connectivity index (χ3v) is 5.20. The predicted octanol–water partition coefficient (Wildman–Crippen LogP) is 6.06. The van der Waals surface area contributed by atoms with Gasteiger partial charge in [-0.1, -0.05) is 41.1 Å². The highest BCUT2D eigenvalue weighted by Crippen LogP contribution is 2.28. The number of pyridine rings is 1. The molecular formula is C20H23BrN2OS. The molecule has 3 aromatic rings. The summed E-state index contributed by atoms with van der Waals surface area (Å²) in [4.78, 5) is 10.1. The summed E-state index contributed by atoms with van der Waals surface area (Å²) in [5, 5.41) is 1.05. The molecule has 1 aromatic carbocycles. The summed E-state index contributed by atoms with van der Waals surface area (Å²) in [5.74, 6) is 0. The van der Waals surface area contributed by atoms with Gasteiger partial charge in [-0.2, -0.15) is 0 Å². The van der Waals surface area contributed by atoms with Gasteiger partial charge in [0.25, 0.3) is 0 Å². The lowest BCUT2D eigenvalue weighted by Gasteiger charge is -1.99. The molecule has 0 aliphatic carbocycles. The molecule has 0 saturated heterocycles. The van der Waals surface area contributed by atoms with E-state index in [1.807, 2.05) is 56.4 Å². The smallest absolute Gasteiger partial charge is 0.124 e. The van der Waals surface area contributed by atoms with Crippen molar-refractivity contribution in [3.05, 3.63) is 69.4 Å². The number of thiazole rings is 1. The number of rotatable bonds is 5. The minimum atomic E-state index is 0.658. The first kappa shape index (κ1) is 19.8. The van der Waals surface area contributed by atoms with Gasteiger partial charge in [0.1, 0.15) is 5.01 Å². The quantitative estimate of drug-likeness (QED) is 0.504. The van der Waals surface area contributed by atoms with Crippen LogP contribution in [0, 0.1) is 6.92 Å². The van der Waals surface area contributed by atoms with Gasteiger partial charge in [0.05, 0.1) is 17.2 Å². The monoisotopic (exact) mass is 418 g/mol. The SMILES string of the molecule is Brc1ccccc1.CCOCc1sc(-c2ccnc(CC)c2)nc1C. The van der Waals surface area contributed by atoms with E-state index in [0.29, 0.717) is 6.61 Å². The maximum atomic E-state index is 5.45. The van der Waals surface area contributed by atoms with Gasteiger partial charge in [0, 0.05) is 28.5 Å². The second-order valence-electron chi connectivity index (χ2n) is 5.35. The molecule has 132 valence electrons. The lowest BCUT2D eigenvalue weighted by molar-refractivity contribution is 0.136. The van der Waals surface area contributed by atoms with Crippen molar-refractivity contribution in [2.45, 2.75) is 33.8 Å². The number of halogens is 1. The molecular weight excluding hydrogens is 396 g/mol. The average Bonchev–Trinajstić information content (AvgIpc) is 3.02. The average molecular weight is 419 g/mol. The Bertz CT molecular complexity index is 774. The van der Waals surface area contributed by atoms with Gasteiger partial charge in [0.15, 0.2) is 0 Å². The van der Waals surface area contributed by atoms with Gasteiger partial charge in [-0.15, -0.1) is 11.3 Å². The van der Waals surface area contributed by atoms with E-state index in [9.17, 15) is 0 Å². The Balaban J connectivity index is 0.000000269. The van der Waals surface area contributed by atoms with Gasteiger partial charge < -0.3 is 4.74 Å². The molecule has 0 fully saturated rings. The maximum Gasteiger partial charge on any atom is 0.124 e. The van der Waals surface area contributed by atoms with E-state index in [0.717, 1.165) is 39.5 Å². The number of hydrogen-bond acceptors (Lipinski definition) is 4. The first-order chi connectivity index (χ1) is 12.1. The van der Waals surface area contributed by atoms with Gasteiger partial charge in [-0.3, -0.25) is 4.98 Å². The first-order valence-corrected chi connectivity index (χ1v) is 9.94. The van der Waals surface area contributed by atoms with Crippen LogP contribution < -0.4 is 0 Å². The van der Waals surface area contributed by atoms with Crippen molar-refractivity contribution in [1.82, 2.24) is 9.97 Å². The lowest BCUT2D eigenvalue weighted by atomic mass is 10.2. The highest BCUT2D eigenvalue weighted by atomic mass is 79.9. The van der Waals surface area contributed by atoms with Crippen molar-refractivity contribution in [3.8, 4) is 10.6 Å². The van der Waals surface area contributed by atoms with Crippen LogP contribution in [0.3, 0.4) is 0 Å². The molecule has 0 N–H and O–H groups in total. The first-order valence-electron chi connectivity index (χ1n) is 8.33. The van der Waals surface area contributed by atoms with E-state index in [1.165, 1.54) is 4.88 Å². The van der Waals surface area contributed by atoms with Crippen LogP contribution in [0.15, 0.2) is 53.1 Å². The van der Waals surface area contributed by atoms with Crippen molar-refractivity contribution in [2.75, 3.05) is 6.61 Å². The molecule has 0 atom stereocenters. The molecule has 2 heterocycles. The molecule has 0 aliphatic rings. The maximum absolute atomic E-state index is 5.45. The Morgan fingerprint density at radius 1 is 1.12 bits per heavy atom. The molecule has 0 radical (unpaired) electrons. The van der Waals surface area contributed by atoms with Crippen LogP contribution in [0.1, 0.15) is 30.1 Å². The molecule has 3 nitrogen and oxygen atoms in total. The summed E-state index contributed by atoms with van der Waals surface area (Å²) in [6.45, 7) is 7.55. The van der Waals surface area contributed by atoms with E-state index >= 15 is 0 Å². The fourth-order valence-electron chi connectivity index (χ4n) is 2.10. The molecule has 0 spiro atoms. The second kappa shape index (κ2) is 10.4. The zero-order valence-electron chi connectivity index (χ0n) is 14.8. The van der Waals surface area contributed by atoms with Crippen LogP contribution in [-0.2, 0) is 17.8 Å². The van der Waals surface area contributed by atoms with Gasteiger partial charge in [-0.25, -0.2) is 4.98 Å². The van der Waals surface area contributed by atoms with Crippen molar-refractivity contribution in [1.29, 1.82) is 0 Å². The van der Waals surface area contributed by atoms with Crippen molar-refractivity contribution in [3.63, 3.8) is 0 Å². The van der Waals surface area contributed by atoms with E-state index < -0.39 is 0 Å². The Morgan fingerprint density at radius 2 is 1.88 bits per heavy atom. The lowest BCUT2D eigenvalue weighted by Crippen LogP contribution is -1.90. The molecule has 0 amide bonds. The van der Waals surface area contributed by atoms with Crippen LogP contribution >= 0.6 is 27.3 Å². The number of ether oxygens (including phenoxy) is 1. The highest BCUT2D eigenvalue weighted by Gasteiger charge is 2.09. The van der Waals surface area contributed by atoms with Crippen LogP contribution in [-0.4, -0.2) is 16.6 Å². The molecule has 0 bridgehead atoms. The number of aromatic nitrogens is 2. The Labute approximate surface area is 162 Å². The Morgan fingerprint density at radius 3 is 2.48 bits per heavy atom. The topological polar surface area (TPSA) is 35.0 Å². The molecule has 0 aliphatic heterocycles. The fourth-order valence-corrected chi connectivity index (χ4v) is 3.40. The normalized spacial score (nSPS) is 10.2. The van der Waals surface area contributed by atoms with Gasteiger partial charge in [0.2, 0.25) is 0 Å². The summed E-state index contributed by atoms with van der Waals surface area (Å²) in [6, 6.07) is 14.1. The minimum Gasteiger partial charge on any atom is -0.376 e. The summed E-state index contributed by atoms with van der Waals surface area (Å²) < 4.78 is 6.59. The summed E-state index contributed by atoms with van der Waals surface area (Å²) in [7, 11) is 0. The van der Waals surface area contributed by atoms with E-state index in [-0.39, 0.29) is 0 Å². The van der Waals surface area contributed by atoms with Crippen molar-refractivity contribution < 1.29 is 4.74 Å². The van der Waals surface area contributed by atoms with Crippen molar-refractivity contribution >= 4 is 27.3 Å². The van der Waals surface area contributed by atoms with Crippen LogP contribution in [0.5, 0.6) is 0 Å². The van der Waals surface area contributed by atoms with Crippen molar-refractivity contribution in [2.24, 2.45) is 0 Å². The van der Waals surface area contributed by atoms with Crippen LogP contribution in [0.4, 0.5) is 0 Å². The molecule has 2 aromatic heterocycles. The molecule has 3 rings (SSSR count). The molecule has 5 heteroatoms. The predicted molar refractivity (Wildman–Crippen MR) is 109 cm³/mol. The minimum absolute atomic E-state index is 0.658. The number of benzene rings is 1. The molecule has 0 saturated carbocycles. The fraction of sp³-hybridized carbons (Fsp3) is 0.300. The highest BCUT2D eigenvalue weighted by molar-refractivity contribution is 9.10. The largest absolute Gasteiger partial charge is 0.376 e. The third kappa shape index (κ3) is 6.34. The summed E-state index contributed by atoms with van der Waals surface area (Å²) in [6.07, 6.45) is 2.80. The van der Waals surface area contributed by atoms with Crippen LogP contribution in [0.25, 0.3) is 10.6 Å². The zero-order valence-corrected chi connectivity index (χ0v) is 17.2. The Kier molecular flexibility index (Phi) is 8.25. The Hall–Kier alpha value is -1.56. The molecule has 25 heavy (non-hydrogen) atoms. The summed E-state index contributed by atoms with van der Waals surface area (Å²) in [5.41, 5.74) is 3.32. The van der Waals surface area contributed by atoms with E-state index in [4.69, 9.17) is 4.74 Å². The van der Waals surface area contributed by atoms with Gasteiger partial charge in [-0.05, 0) is 44.5 Å². The zero-order chi connectivity index (χ0) is 18.1.